The van der Waals surface area contributed by atoms with E-state index >= 15 is 0 Å². The SMILES string of the molecule is Nc1ccccc1O.O.O=P(O)(O)O. The molecule has 0 saturated heterocycles. The predicted molar refractivity (Wildman–Crippen MR) is 50.4 cm³/mol. The Labute approximate surface area is 80.0 Å². The molecule has 1 rings (SSSR count). The maximum Gasteiger partial charge on any atom is 0.466 e. The zero-order valence-electron chi connectivity index (χ0n) is 7.03. The Kier molecular flexibility index (Phi) is 6.98. The number of anilines is 1. The van der Waals surface area contributed by atoms with E-state index in [2.05, 4.69) is 0 Å². The Morgan fingerprint density at radius 1 is 1.14 bits per heavy atom. The van der Waals surface area contributed by atoms with Gasteiger partial charge < -0.3 is 31.0 Å². The average molecular weight is 225 g/mol. The van der Waals surface area contributed by atoms with Crippen LogP contribution in [0.5, 0.6) is 5.75 Å². The van der Waals surface area contributed by atoms with Gasteiger partial charge in [-0.15, -0.1) is 0 Å². The van der Waals surface area contributed by atoms with Gasteiger partial charge in [0.15, 0.2) is 0 Å². The molecule has 7 nitrogen and oxygen atoms in total. The molecule has 0 aliphatic heterocycles. The Hall–Kier alpha value is -1.11. The van der Waals surface area contributed by atoms with Crippen molar-refractivity contribution < 1.29 is 29.8 Å². The normalized spacial score (nSPS) is 9.36. The number of para-hydroxylation sites is 2. The van der Waals surface area contributed by atoms with Crippen molar-refractivity contribution in [1.29, 1.82) is 0 Å². The van der Waals surface area contributed by atoms with E-state index in [0.717, 1.165) is 0 Å². The van der Waals surface area contributed by atoms with Gasteiger partial charge in [0.05, 0.1) is 5.69 Å². The summed E-state index contributed by atoms with van der Waals surface area (Å²) in [5.74, 6) is 0.146. The summed E-state index contributed by atoms with van der Waals surface area (Å²) in [7, 11) is -4.64. The zero-order valence-corrected chi connectivity index (χ0v) is 7.93. The maximum atomic E-state index is 8.88. The van der Waals surface area contributed by atoms with Gasteiger partial charge in [-0.05, 0) is 12.1 Å². The van der Waals surface area contributed by atoms with Crippen molar-refractivity contribution >= 4 is 13.5 Å². The molecular weight excluding hydrogens is 213 g/mol. The molecule has 0 aliphatic rings. The second kappa shape index (κ2) is 6.36. The minimum atomic E-state index is -4.64. The fourth-order valence-electron chi connectivity index (χ4n) is 0.488. The number of hydrogen-bond donors (Lipinski definition) is 5. The highest BCUT2D eigenvalue weighted by molar-refractivity contribution is 7.45. The smallest absolute Gasteiger partial charge is 0.466 e. The van der Waals surface area contributed by atoms with E-state index in [9.17, 15) is 0 Å². The molecule has 0 bridgehead atoms. The van der Waals surface area contributed by atoms with Gasteiger partial charge in [0.1, 0.15) is 5.75 Å². The molecule has 0 aliphatic carbocycles. The number of aromatic hydroxyl groups is 1. The van der Waals surface area contributed by atoms with Gasteiger partial charge in [-0.1, -0.05) is 12.1 Å². The number of phosphoric acid groups is 1. The van der Waals surface area contributed by atoms with Crippen molar-refractivity contribution in [3.05, 3.63) is 24.3 Å². The number of rotatable bonds is 0. The van der Waals surface area contributed by atoms with Crippen LogP contribution in [0.2, 0.25) is 0 Å². The second-order valence-electron chi connectivity index (χ2n) is 2.07. The van der Waals surface area contributed by atoms with E-state index in [1.165, 1.54) is 0 Å². The third kappa shape index (κ3) is 10.9. The van der Waals surface area contributed by atoms with Gasteiger partial charge >= 0.3 is 7.82 Å². The standard InChI is InChI=1S/C6H7NO.H3O4P.H2O/c7-5-3-1-2-4-6(5)8;1-5(2,3)4;/h1-4,8H,7H2;(H3,1,2,3,4);1H2. The van der Waals surface area contributed by atoms with Crippen LogP contribution >= 0.6 is 7.82 Å². The lowest BCUT2D eigenvalue weighted by Gasteiger charge is -1.92. The van der Waals surface area contributed by atoms with E-state index < -0.39 is 7.82 Å². The third-order valence-electron chi connectivity index (χ3n) is 0.937. The highest BCUT2D eigenvalue weighted by Crippen LogP contribution is 2.25. The summed E-state index contributed by atoms with van der Waals surface area (Å²) < 4.78 is 8.88. The molecule has 1 aromatic rings. The molecule has 0 spiro atoms. The summed E-state index contributed by atoms with van der Waals surface area (Å²) >= 11 is 0. The van der Waals surface area contributed by atoms with E-state index in [0.29, 0.717) is 5.69 Å². The minimum Gasteiger partial charge on any atom is -0.506 e. The number of hydrogen-bond acceptors (Lipinski definition) is 3. The Morgan fingerprint density at radius 2 is 1.50 bits per heavy atom. The molecule has 8 N–H and O–H groups in total. The van der Waals surface area contributed by atoms with Crippen LogP contribution in [-0.4, -0.2) is 25.3 Å². The molecule has 0 atom stereocenters. The van der Waals surface area contributed by atoms with Crippen molar-refractivity contribution in [3.63, 3.8) is 0 Å². The molecule has 8 heteroatoms. The van der Waals surface area contributed by atoms with Crippen molar-refractivity contribution in [1.82, 2.24) is 0 Å². The van der Waals surface area contributed by atoms with Crippen molar-refractivity contribution in [2.45, 2.75) is 0 Å². The molecule has 0 aromatic heterocycles. The van der Waals surface area contributed by atoms with Crippen LogP contribution in [0.1, 0.15) is 0 Å². The van der Waals surface area contributed by atoms with E-state index in [4.69, 9.17) is 30.1 Å². The van der Waals surface area contributed by atoms with Gasteiger partial charge in [-0.2, -0.15) is 0 Å². The topological polar surface area (TPSA) is 156 Å². The van der Waals surface area contributed by atoms with Gasteiger partial charge in [-0.3, -0.25) is 0 Å². The molecule has 0 fully saturated rings. The van der Waals surface area contributed by atoms with Gasteiger partial charge in [0.25, 0.3) is 0 Å². The highest BCUT2D eigenvalue weighted by Gasteiger charge is 2.00. The lowest BCUT2D eigenvalue weighted by atomic mass is 10.3. The number of phenolic OH excluding ortho intramolecular Hbond substituents is 1. The number of nitrogen functional groups attached to an aromatic ring is 1. The molecule has 0 heterocycles. The Bertz CT molecular complexity index is 282. The largest absolute Gasteiger partial charge is 0.506 e. The summed E-state index contributed by atoms with van der Waals surface area (Å²) in [6.45, 7) is 0. The third-order valence-corrected chi connectivity index (χ3v) is 0.937. The predicted octanol–water partition coefficient (Wildman–Crippen LogP) is -0.779. The van der Waals surface area contributed by atoms with Crippen molar-refractivity contribution in [2.24, 2.45) is 0 Å². The van der Waals surface area contributed by atoms with E-state index in [1.807, 2.05) is 0 Å². The van der Waals surface area contributed by atoms with Crippen LogP contribution in [-0.2, 0) is 4.57 Å². The van der Waals surface area contributed by atoms with Crippen molar-refractivity contribution in [3.8, 4) is 5.75 Å². The zero-order chi connectivity index (χ0) is 10.5. The lowest BCUT2D eigenvalue weighted by molar-refractivity contribution is 0.275. The molecule has 1 aromatic carbocycles. The molecule has 14 heavy (non-hydrogen) atoms. The summed E-state index contributed by atoms with van der Waals surface area (Å²) in [5, 5.41) is 8.79. The van der Waals surface area contributed by atoms with Crippen LogP contribution in [0, 0.1) is 0 Å². The first-order valence-corrected chi connectivity index (χ1v) is 4.69. The van der Waals surface area contributed by atoms with E-state index in [1.54, 1.807) is 24.3 Å². The highest BCUT2D eigenvalue weighted by atomic mass is 31.2. The summed E-state index contributed by atoms with van der Waals surface area (Å²) in [6, 6.07) is 6.70. The summed E-state index contributed by atoms with van der Waals surface area (Å²) in [4.78, 5) is 21.6. The molecule has 0 radical (unpaired) electrons. The van der Waals surface area contributed by atoms with Crippen LogP contribution in [0.3, 0.4) is 0 Å². The molecule has 0 saturated carbocycles. The van der Waals surface area contributed by atoms with Gasteiger partial charge in [-0.25, -0.2) is 4.57 Å². The second-order valence-corrected chi connectivity index (χ2v) is 3.10. The fourth-order valence-corrected chi connectivity index (χ4v) is 0.488. The summed E-state index contributed by atoms with van der Waals surface area (Å²) in [6.07, 6.45) is 0. The van der Waals surface area contributed by atoms with Crippen LogP contribution in [0.4, 0.5) is 5.69 Å². The molecule has 0 amide bonds. The maximum absolute atomic E-state index is 8.88. The number of benzene rings is 1. The summed E-state index contributed by atoms with van der Waals surface area (Å²) in [5.41, 5.74) is 5.69. The van der Waals surface area contributed by atoms with Crippen LogP contribution in [0.25, 0.3) is 0 Å². The first-order chi connectivity index (χ1) is 5.80. The first-order valence-electron chi connectivity index (χ1n) is 3.12. The van der Waals surface area contributed by atoms with E-state index in [-0.39, 0.29) is 11.2 Å². The van der Waals surface area contributed by atoms with Crippen molar-refractivity contribution in [2.75, 3.05) is 5.73 Å². The van der Waals surface area contributed by atoms with Gasteiger partial charge in [0.2, 0.25) is 0 Å². The number of phenols is 1. The molecule has 82 valence electrons. The molecule has 0 unspecified atom stereocenters. The average Bonchev–Trinajstić information content (AvgIpc) is 1.92. The molecular formula is C6H12NO6P. The lowest BCUT2D eigenvalue weighted by Crippen LogP contribution is -1.82. The Morgan fingerprint density at radius 3 is 1.71 bits per heavy atom. The Balaban J connectivity index is 0. The minimum absolute atomic E-state index is 0. The van der Waals surface area contributed by atoms with Crippen LogP contribution < -0.4 is 5.73 Å². The van der Waals surface area contributed by atoms with Crippen LogP contribution in [0.15, 0.2) is 24.3 Å². The monoisotopic (exact) mass is 225 g/mol. The fraction of sp³-hybridized carbons (Fsp3) is 0. The quantitative estimate of drug-likeness (QED) is 0.221. The number of nitrogens with two attached hydrogens (primary N) is 1. The van der Waals surface area contributed by atoms with Gasteiger partial charge in [0, 0.05) is 0 Å². The first kappa shape index (κ1) is 15.4.